The van der Waals surface area contributed by atoms with Gasteiger partial charge in [-0.15, -0.1) is 0 Å². The van der Waals surface area contributed by atoms with Crippen molar-refractivity contribution >= 4 is 51.7 Å². The standard InChI is InChI=1S/C25H21ClFN3O2S/c1-16-10-11-20(13-21(16)26)28-24(32)22-14-23(31)30(15-17-6-3-2-4-7-17)25(33-22)29-19-9-5-8-18(27)12-19/h2-13,22H,14-15H2,1H3,(H,28,32). The van der Waals surface area contributed by atoms with Gasteiger partial charge in [-0.05, 0) is 48.4 Å². The highest BCUT2D eigenvalue weighted by Crippen LogP contribution is 2.31. The predicted molar refractivity (Wildman–Crippen MR) is 131 cm³/mol. The van der Waals surface area contributed by atoms with Gasteiger partial charge in [0.1, 0.15) is 11.1 Å². The first-order chi connectivity index (χ1) is 15.9. The van der Waals surface area contributed by atoms with E-state index < -0.39 is 11.1 Å². The van der Waals surface area contributed by atoms with Crippen molar-refractivity contribution in [3.05, 3.63) is 94.8 Å². The van der Waals surface area contributed by atoms with Gasteiger partial charge in [0.25, 0.3) is 0 Å². The third-order valence-electron chi connectivity index (χ3n) is 5.09. The fourth-order valence-electron chi connectivity index (χ4n) is 3.31. The highest BCUT2D eigenvalue weighted by Gasteiger charge is 2.36. The quantitative estimate of drug-likeness (QED) is 0.490. The molecule has 2 amide bonds. The number of hydrogen-bond acceptors (Lipinski definition) is 4. The maximum atomic E-state index is 13.7. The molecule has 1 heterocycles. The van der Waals surface area contributed by atoms with Crippen LogP contribution in [0.1, 0.15) is 17.5 Å². The van der Waals surface area contributed by atoms with Crippen LogP contribution >= 0.6 is 23.4 Å². The van der Waals surface area contributed by atoms with Crippen molar-refractivity contribution in [2.24, 2.45) is 4.99 Å². The Labute approximate surface area is 200 Å². The minimum atomic E-state index is -0.683. The SMILES string of the molecule is Cc1ccc(NC(=O)C2CC(=O)N(Cc3ccccc3)C(=Nc3cccc(F)c3)S2)cc1Cl. The van der Waals surface area contributed by atoms with E-state index in [0.29, 0.717) is 28.1 Å². The number of amides is 2. The molecular formula is C25H21ClFN3O2S. The van der Waals surface area contributed by atoms with Crippen LogP contribution in [-0.2, 0) is 16.1 Å². The van der Waals surface area contributed by atoms with Crippen LogP contribution < -0.4 is 5.32 Å². The average Bonchev–Trinajstić information content (AvgIpc) is 2.79. The number of nitrogens with one attached hydrogen (secondary N) is 1. The Morgan fingerprint density at radius 1 is 1.15 bits per heavy atom. The molecule has 1 aliphatic rings. The number of aliphatic imine (C=N–C) groups is 1. The molecule has 1 N–H and O–H groups in total. The smallest absolute Gasteiger partial charge is 0.238 e. The van der Waals surface area contributed by atoms with Crippen molar-refractivity contribution in [1.82, 2.24) is 4.90 Å². The molecule has 1 aliphatic heterocycles. The second-order valence-corrected chi connectivity index (χ2v) is 9.18. The second-order valence-electron chi connectivity index (χ2n) is 7.60. The second kappa shape index (κ2) is 10.2. The minimum Gasteiger partial charge on any atom is -0.325 e. The number of nitrogens with zero attached hydrogens (tertiary/aromatic N) is 2. The van der Waals surface area contributed by atoms with Crippen molar-refractivity contribution < 1.29 is 14.0 Å². The van der Waals surface area contributed by atoms with Crippen molar-refractivity contribution in [2.75, 3.05) is 5.32 Å². The fraction of sp³-hybridized carbons (Fsp3) is 0.160. The van der Waals surface area contributed by atoms with Crippen LogP contribution in [0.4, 0.5) is 15.8 Å². The summed E-state index contributed by atoms with van der Waals surface area (Å²) in [5, 5.41) is 3.04. The lowest BCUT2D eigenvalue weighted by molar-refractivity contribution is -0.129. The summed E-state index contributed by atoms with van der Waals surface area (Å²) in [5.41, 5.74) is 2.75. The first-order valence-corrected chi connectivity index (χ1v) is 11.6. The molecule has 1 atom stereocenters. The van der Waals surface area contributed by atoms with Gasteiger partial charge in [0.2, 0.25) is 11.8 Å². The Morgan fingerprint density at radius 3 is 2.67 bits per heavy atom. The number of aryl methyl sites for hydroxylation is 1. The van der Waals surface area contributed by atoms with Gasteiger partial charge in [-0.3, -0.25) is 14.5 Å². The van der Waals surface area contributed by atoms with E-state index in [1.54, 1.807) is 24.3 Å². The van der Waals surface area contributed by atoms with Crippen LogP contribution in [0.3, 0.4) is 0 Å². The number of thioether (sulfide) groups is 1. The molecule has 0 radical (unpaired) electrons. The van der Waals surface area contributed by atoms with Gasteiger partial charge in [0, 0.05) is 17.1 Å². The fourth-order valence-corrected chi connectivity index (χ4v) is 4.59. The molecule has 0 spiro atoms. The molecule has 5 nitrogen and oxygen atoms in total. The van der Waals surface area contributed by atoms with Gasteiger partial charge in [-0.2, -0.15) is 0 Å². The summed E-state index contributed by atoms with van der Waals surface area (Å²) in [7, 11) is 0. The molecule has 0 bridgehead atoms. The molecule has 0 saturated carbocycles. The van der Waals surface area contributed by atoms with E-state index in [2.05, 4.69) is 10.3 Å². The van der Waals surface area contributed by atoms with Gasteiger partial charge in [-0.1, -0.05) is 65.8 Å². The zero-order valence-electron chi connectivity index (χ0n) is 17.8. The van der Waals surface area contributed by atoms with E-state index >= 15 is 0 Å². The van der Waals surface area contributed by atoms with Gasteiger partial charge < -0.3 is 5.32 Å². The highest BCUT2D eigenvalue weighted by atomic mass is 35.5. The van der Waals surface area contributed by atoms with Crippen molar-refractivity contribution in [3.63, 3.8) is 0 Å². The number of rotatable bonds is 5. The maximum Gasteiger partial charge on any atom is 0.238 e. The van der Waals surface area contributed by atoms with Crippen LogP contribution in [0.5, 0.6) is 0 Å². The zero-order chi connectivity index (χ0) is 23.4. The first-order valence-electron chi connectivity index (χ1n) is 10.3. The normalized spacial score (nSPS) is 17.3. The third kappa shape index (κ3) is 5.80. The van der Waals surface area contributed by atoms with Crippen LogP contribution in [0, 0.1) is 12.7 Å². The predicted octanol–water partition coefficient (Wildman–Crippen LogP) is 5.95. The number of carbonyl (C=O) groups is 2. The molecule has 0 aliphatic carbocycles. The van der Waals surface area contributed by atoms with E-state index in [1.165, 1.54) is 28.8 Å². The summed E-state index contributed by atoms with van der Waals surface area (Å²) in [6, 6.07) is 20.6. The summed E-state index contributed by atoms with van der Waals surface area (Å²) >= 11 is 7.35. The summed E-state index contributed by atoms with van der Waals surface area (Å²) in [5.74, 6) is -0.974. The minimum absolute atomic E-state index is 0.0189. The maximum absolute atomic E-state index is 13.7. The van der Waals surface area contributed by atoms with Crippen LogP contribution in [0.25, 0.3) is 0 Å². The van der Waals surface area contributed by atoms with Gasteiger partial charge in [0.05, 0.1) is 12.2 Å². The molecule has 4 rings (SSSR count). The van der Waals surface area contributed by atoms with Crippen LogP contribution in [0.15, 0.2) is 77.8 Å². The summed E-state index contributed by atoms with van der Waals surface area (Å²) in [6.45, 7) is 2.18. The van der Waals surface area contributed by atoms with Crippen LogP contribution in [0.2, 0.25) is 5.02 Å². The number of carbonyl (C=O) groups excluding carboxylic acids is 2. The molecule has 3 aromatic carbocycles. The number of amidine groups is 1. The molecule has 1 saturated heterocycles. The van der Waals surface area contributed by atoms with E-state index in [4.69, 9.17) is 11.6 Å². The zero-order valence-corrected chi connectivity index (χ0v) is 19.4. The molecule has 168 valence electrons. The average molecular weight is 482 g/mol. The van der Waals surface area contributed by atoms with E-state index in [9.17, 15) is 14.0 Å². The van der Waals surface area contributed by atoms with Crippen LogP contribution in [-0.4, -0.2) is 27.1 Å². The molecule has 33 heavy (non-hydrogen) atoms. The molecular weight excluding hydrogens is 461 g/mol. The lowest BCUT2D eigenvalue weighted by atomic mass is 10.2. The Hall–Kier alpha value is -3.16. The molecule has 3 aromatic rings. The molecule has 1 unspecified atom stereocenters. The Bertz CT molecular complexity index is 1220. The number of halogens is 2. The number of hydrogen-bond donors (Lipinski definition) is 1. The molecule has 1 fully saturated rings. The Morgan fingerprint density at radius 2 is 1.94 bits per heavy atom. The van der Waals surface area contributed by atoms with Gasteiger partial charge in [-0.25, -0.2) is 9.38 Å². The van der Waals surface area contributed by atoms with Crippen molar-refractivity contribution in [3.8, 4) is 0 Å². The molecule has 0 aromatic heterocycles. The monoisotopic (exact) mass is 481 g/mol. The summed E-state index contributed by atoms with van der Waals surface area (Å²) in [4.78, 5) is 32.1. The third-order valence-corrected chi connectivity index (χ3v) is 6.68. The Balaban J connectivity index is 1.60. The summed E-state index contributed by atoms with van der Waals surface area (Å²) < 4.78 is 13.7. The number of anilines is 1. The van der Waals surface area contributed by atoms with E-state index in [-0.39, 0.29) is 18.2 Å². The first kappa shape index (κ1) is 23.0. The van der Waals surface area contributed by atoms with Crippen molar-refractivity contribution in [2.45, 2.75) is 25.1 Å². The molecule has 8 heteroatoms. The van der Waals surface area contributed by atoms with Gasteiger partial charge in [0.15, 0.2) is 5.17 Å². The van der Waals surface area contributed by atoms with Crippen molar-refractivity contribution in [1.29, 1.82) is 0 Å². The topological polar surface area (TPSA) is 61.8 Å². The largest absolute Gasteiger partial charge is 0.325 e. The highest BCUT2D eigenvalue weighted by molar-refractivity contribution is 8.15. The van der Waals surface area contributed by atoms with E-state index in [1.807, 2.05) is 43.3 Å². The summed E-state index contributed by atoms with van der Waals surface area (Å²) in [6.07, 6.45) is 0.0189. The lowest BCUT2D eigenvalue weighted by Crippen LogP contribution is -2.44. The van der Waals surface area contributed by atoms with E-state index in [0.717, 1.165) is 11.1 Å². The Kier molecular flexibility index (Phi) is 7.11. The van der Waals surface area contributed by atoms with Gasteiger partial charge >= 0.3 is 0 Å². The lowest BCUT2D eigenvalue weighted by Gasteiger charge is -2.32. The number of benzene rings is 3.